The van der Waals surface area contributed by atoms with Gasteiger partial charge in [0.05, 0.1) is 11.9 Å². The molecular weight excluding hydrogens is 628 g/mol. The second kappa shape index (κ2) is 13.7. The number of nitrogens with zero attached hydrogens (tertiary/aromatic N) is 2. The minimum absolute atomic E-state index is 0.0855. The summed E-state index contributed by atoms with van der Waals surface area (Å²) in [5.74, 6) is -1.04. The van der Waals surface area contributed by atoms with Gasteiger partial charge in [-0.3, -0.25) is 13.9 Å². The molecule has 0 aliphatic rings. The summed E-state index contributed by atoms with van der Waals surface area (Å²) in [5, 5.41) is 4.06. The zero-order valence-electron chi connectivity index (χ0n) is 23.0. The highest BCUT2D eigenvalue weighted by atomic mass is 35.5. The van der Waals surface area contributed by atoms with Crippen molar-refractivity contribution < 1.29 is 18.0 Å². The van der Waals surface area contributed by atoms with Gasteiger partial charge in [0, 0.05) is 38.6 Å². The highest BCUT2D eigenvalue weighted by molar-refractivity contribution is 7.92. The fourth-order valence-electron chi connectivity index (χ4n) is 4.14. The van der Waals surface area contributed by atoms with E-state index in [1.165, 1.54) is 23.1 Å². The maximum atomic E-state index is 14.1. The maximum Gasteiger partial charge on any atom is 0.244 e. The van der Waals surface area contributed by atoms with Crippen molar-refractivity contribution in [3.8, 4) is 0 Å². The number of carbonyl (C=O) groups excluding carboxylic acids is 2. The zero-order chi connectivity index (χ0) is 30.5. The van der Waals surface area contributed by atoms with E-state index in [0.717, 1.165) is 16.1 Å². The van der Waals surface area contributed by atoms with Crippen molar-refractivity contribution in [3.05, 3.63) is 97.9 Å². The van der Waals surface area contributed by atoms with Crippen molar-refractivity contribution in [2.24, 2.45) is 0 Å². The number of sulfonamides is 1. The molecule has 1 N–H and O–H groups in total. The predicted octanol–water partition coefficient (Wildman–Crippen LogP) is 6.62. The number of rotatable bonds is 10. The average molecular weight is 659 g/mol. The number of carbonyl (C=O) groups is 2. The fourth-order valence-corrected chi connectivity index (χ4v) is 5.95. The smallest absolute Gasteiger partial charge is 0.244 e. The monoisotopic (exact) mass is 657 g/mol. The van der Waals surface area contributed by atoms with Crippen LogP contribution >= 0.6 is 46.4 Å². The first-order chi connectivity index (χ1) is 19.0. The quantitative estimate of drug-likeness (QED) is 0.265. The molecule has 0 saturated carbocycles. The van der Waals surface area contributed by atoms with E-state index in [0.29, 0.717) is 15.6 Å². The lowest BCUT2D eigenvalue weighted by Crippen LogP contribution is -2.56. The minimum Gasteiger partial charge on any atom is -0.350 e. The first-order valence-electron chi connectivity index (χ1n) is 12.6. The van der Waals surface area contributed by atoms with Crippen LogP contribution in [-0.2, 0) is 32.6 Å². The normalized spacial score (nSPS) is 12.5. The van der Waals surface area contributed by atoms with Crippen LogP contribution in [0.2, 0.25) is 20.1 Å². The molecule has 0 aromatic heterocycles. The van der Waals surface area contributed by atoms with E-state index in [1.807, 2.05) is 51.1 Å². The van der Waals surface area contributed by atoms with E-state index in [9.17, 15) is 18.0 Å². The summed E-state index contributed by atoms with van der Waals surface area (Å²) < 4.78 is 26.7. The Bertz CT molecular complexity index is 1490. The third kappa shape index (κ3) is 9.79. The Balaban J connectivity index is 2.12. The van der Waals surface area contributed by atoms with Crippen LogP contribution in [0.4, 0.5) is 5.69 Å². The Morgan fingerprint density at radius 3 is 2.02 bits per heavy atom. The Morgan fingerprint density at radius 2 is 1.49 bits per heavy atom. The summed E-state index contributed by atoms with van der Waals surface area (Å²) >= 11 is 24.9. The van der Waals surface area contributed by atoms with Crippen LogP contribution in [0.1, 0.15) is 31.9 Å². The number of benzene rings is 3. The summed E-state index contributed by atoms with van der Waals surface area (Å²) in [7, 11) is -3.98. The van der Waals surface area contributed by atoms with Crippen molar-refractivity contribution in [2.75, 3.05) is 17.1 Å². The highest BCUT2D eigenvalue weighted by Crippen LogP contribution is 2.28. The predicted molar refractivity (Wildman–Crippen MR) is 167 cm³/mol. The van der Waals surface area contributed by atoms with Gasteiger partial charge in [0.25, 0.3) is 0 Å². The average Bonchev–Trinajstić information content (AvgIpc) is 2.84. The molecule has 0 heterocycles. The van der Waals surface area contributed by atoms with Crippen molar-refractivity contribution in [2.45, 2.75) is 45.3 Å². The molecular formula is C29H31Cl4N3O4S. The molecule has 0 radical (unpaired) electrons. The van der Waals surface area contributed by atoms with Gasteiger partial charge in [0.1, 0.15) is 12.6 Å². The number of halogens is 4. The molecule has 220 valence electrons. The number of nitrogens with one attached hydrogen (secondary N) is 1. The van der Waals surface area contributed by atoms with Crippen molar-refractivity contribution in [3.63, 3.8) is 0 Å². The van der Waals surface area contributed by atoms with Gasteiger partial charge in [0.2, 0.25) is 21.8 Å². The van der Waals surface area contributed by atoms with E-state index in [-0.39, 0.29) is 28.7 Å². The fraction of sp³-hybridized carbons (Fsp3) is 0.310. The standard InChI is InChI=1S/C29H31Cl4N3O4S/c1-29(2,3)34-28(38)26(12-19-8-6-5-7-9-19)35(17-20-10-11-21(30)16-25(20)33)27(37)18-36(41(4,39)40)24-14-22(31)13-23(32)15-24/h5-11,13-16,26H,12,17-18H2,1-4H3,(H,34,38)/t26-/m0/s1. The minimum atomic E-state index is -3.98. The molecule has 3 aromatic rings. The van der Waals surface area contributed by atoms with E-state index in [4.69, 9.17) is 46.4 Å². The van der Waals surface area contributed by atoms with Crippen LogP contribution in [0.3, 0.4) is 0 Å². The number of hydrogen-bond donors (Lipinski definition) is 1. The van der Waals surface area contributed by atoms with Crippen molar-refractivity contribution in [1.82, 2.24) is 10.2 Å². The van der Waals surface area contributed by atoms with Crippen molar-refractivity contribution >= 4 is 73.9 Å². The molecule has 41 heavy (non-hydrogen) atoms. The SMILES string of the molecule is CC(C)(C)NC(=O)[C@H](Cc1ccccc1)N(Cc1ccc(Cl)cc1Cl)C(=O)CN(c1cc(Cl)cc(Cl)c1)S(C)(=O)=O. The lowest BCUT2D eigenvalue weighted by molar-refractivity contribution is -0.140. The van der Waals surface area contributed by atoms with Crippen LogP contribution in [-0.4, -0.2) is 49.5 Å². The molecule has 0 spiro atoms. The summed E-state index contributed by atoms with van der Waals surface area (Å²) in [6.45, 7) is 4.80. The molecule has 0 aliphatic carbocycles. The summed E-state index contributed by atoms with van der Waals surface area (Å²) in [6, 6.07) is 17.3. The summed E-state index contributed by atoms with van der Waals surface area (Å²) in [4.78, 5) is 29.2. The van der Waals surface area contributed by atoms with E-state index >= 15 is 0 Å². The Hall–Kier alpha value is -2.49. The second-order valence-electron chi connectivity index (χ2n) is 10.6. The molecule has 0 aliphatic heterocycles. The van der Waals surface area contributed by atoms with Gasteiger partial charge < -0.3 is 10.2 Å². The third-order valence-electron chi connectivity index (χ3n) is 5.94. The van der Waals surface area contributed by atoms with Gasteiger partial charge in [-0.15, -0.1) is 0 Å². The molecule has 2 amide bonds. The van der Waals surface area contributed by atoms with Gasteiger partial charge in [-0.25, -0.2) is 8.42 Å². The molecule has 1 atom stereocenters. The van der Waals surface area contributed by atoms with E-state index < -0.39 is 40.0 Å². The second-order valence-corrected chi connectivity index (χ2v) is 14.2. The van der Waals surface area contributed by atoms with E-state index in [1.54, 1.807) is 18.2 Å². The lowest BCUT2D eigenvalue weighted by atomic mass is 10.0. The van der Waals surface area contributed by atoms with Gasteiger partial charge >= 0.3 is 0 Å². The largest absolute Gasteiger partial charge is 0.350 e. The lowest BCUT2D eigenvalue weighted by Gasteiger charge is -2.35. The zero-order valence-corrected chi connectivity index (χ0v) is 26.8. The van der Waals surface area contributed by atoms with Gasteiger partial charge in [-0.1, -0.05) is 82.8 Å². The van der Waals surface area contributed by atoms with Crippen LogP contribution < -0.4 is 9.62 Å². The van der Waals surface area contributed by atoms with Gasteiger partial charge in [0.15, 0.2) is 0 Å². The summed E-state index contributed by atoms with van der Waals surface area (Å²) in [6.07, 6.45) is 1.14. The van der Waals surface area contributed by atoms with Crippen LogP contribution in [0.25, 0.3) is 0 Å². The number of hydrogen-bond acceptors (Lipinski definition) is 4. The van der Waals surface area contributed by atoms with Gasteiger partial charge in [-0.2, -0.15) is 0 Å². The number of amides is 2. The first kappa shape index (κ1) is 33.0. The molecule has 0 unspecified atom stereocenters. The molecule has 0 fully saturated rings. The van der Waals surface area contributed by atoms with Gasteiger partial charge in [-0.05, 0) is 62.2 Å². The molecule has 12 heteroatoms. The van der Waals surface area contributed by atoms with Crippen molar-refractivity contribution in [1.29, 1.82) is 0 Å². The Morgan fingerprint density at radius 1 is 0.878 bits per heavy atom. The molecule has 0 saturated heterocycles. The Kier molecular flexibility index (Phi) is 11.0. The molecule has 0 bridgehead atoms. The van der Waals surface area contributed by atoms with Crippen LogP contribution in [0.5, 0.6) is 0 Å². The molecule has 7 nitrogen and oxygen atoms in total. The Labute approximate surface area is 261 Å². The topological polar surface area (TPSA) is 86.8 Å². The highest BCUT2D eigenvalue weighted by Gasteiger charge is 2.34. The summed E-state index contributed by atoms with van der Waals surface area (Å²) in [5.41, 5.74) is 0.849. The van der Waals surface area contributed by atoms with Crippen LogP contribution in [0, 0.1) is 0 Å². The molecule has 3 rings (SSSR count). The van der Waals surface area contributed by atoms with Crippen LogP contribution in [0.15, 0.2) is 66.7 Å². The maximum absolute atomic E-state index is 14.1. The molecule has 3 aromatic carbocycles. The third-order valence-corrected chi connectivity index (χ3v) is 8.10. The number of anilines is 1. The van der Waals surface area contributed by atoms with E-state index in [2.05, 4.69) is 5.32 Å². The first-order valence-corrected chi connectivity index (χ1v) is 15.9.